The van der Waals surface area contributed by atoms with Crippen LogP contribution in [0.15, 0.2) is 35.3 Å². The van der Waals surface area contributed by atoms with Crippen LogP contribution in [0, 0.1) is 5.92 Å². The summed E-state index contributed by atoms with van der Waals surface area (Å²) >= 11 is 0. The maximum absolute atomic E-state index is 4.37. The highest BCUT2D eigenvalue weighted by atomic mass is 127. The number of nitrogens with one attached hydrogen (secondary N) is 2. The van der Waals surface area contributed by atoms with Crippen molar-refractivity contribution in [1.29, 1.82) is 0 Å². The summed E-state index contributed by atoms with van der Waals surface area (Å²) in [4.78, 5) is 6.93. The molecule has 0 spiro atoms. The van der Waals surface area contributed by atoms with Crippen LogP contribution < -0.4 is 10.6 Å². The van der Waals surface area contributed by atoms with E-state index >= 15 is 0 Å². The Morgan fingerprint density at radius 2 is 1.96 bits per heavy atom. The lowest BCUT2D eigenvalue weighted by molar-refractivity contribution is 0.258. The van der Waals surface area contributed by atoms with Crippen LogP contribution in [0.3, 0.4) is 0 Å². The number of benzene rings is 1. The van der Waals surface area contributed by atoms with E-state index in [1.54, 1.807) is 0 Å². The summed E-state index contributed by atoms with van der Waals surface area (Å²) in [5.74, 6) is 1.75. The molecule has 1 aliphatic heterocycles. The molecule has 1 heterocycles. The first-order valence-electron chi connectivity index (χ1n) is 8.46. The van der Waals surface area contributed by atoms with E-state index in [1.807, 2.05) is 7.05 Å². The molecule has 23 heavy (non-hydrogen) atoms. The van der Waals surface area contributed by atoms with Crippen molar-refractivity contribution in [2.24, 2.45) is 10.9 Å². The molecular formula is C18H29IN4. The van der Waals surface area contributed by atoms with Gasteiger partial charge < -0.3 is 10.6 Å². The van der Waals surface area contributed by atoms with Crippen molar-refractivity contribution >= 4 is 29.9 Å². The van der Waals surface area contributed by atoms with E-state index in [2.05, 4.69) is 64.7 Å². The van der Waals surface area contributed by atoms with Crippen molar-refractivity contribution in [1.82, 2.24) is 15.5 Å². The van der Waals surface area contributed by atoms with E-state index < -0.39 is 0 Å². The fourth-order valence-electron chi connectivity index (χ4n) is 3.26. The summed E-state index contributed by atoms with van der Waals surface area (Å²) in [6.07, 6.45) is 2.45. The summed E-state index contributed by atoms with van der Waals surface area (Å²) in [5.41, 5.74) is 1.40. The lowest BCUT2D eigenvalue weighted by atomic mass is 10.1. The van der Waals surface area contributed by atoms with Gasteiger partial charge in [-0.05, 0) is 31.2 Å². The Hall–Kier alpha value is -0.820. The average Bonchev–Trinajstić information content (AvgIpc) is 3.04. The smallest absolute Gasteiger partial charge is 0.191 e. The second kappa shape index (κ2) is 8.33. The van der Waals surface area contributed by atoms with Gasteiger partial charge in [-0.3, -0.25) is 9.89 Å². The number of halogens is 1. The van der Waals surface area contributed by atoms with Crippen LogP contribution in [0.5, 0.6) is 0 Å². The molecule has 2 N–H and O–H groups in total. The number of likely N-dealkylation sites (tertiary alicyclic amines) is 1. The van der Waals surface area contributed by atoms with Crippen molar-refractivity contribution in [3.63, 3.8) is 0 Å². The molecule has 3 rings (SSSR count). The third-order valence-corrected chi connectivity index (χ3v) is 5.05. The molecule has 4 atom stereocenters. The molecule has 128 valence electrons. The lowest BCUT2D eigenvalue weighted by Crippen LogP contribution is -2.45. The van der Waals surface area contributed by atoms with Crippen molar-refractivity contribution in [2.75, 3.05) is 20.1 Å². The van der Waals surface area contributed by atoms with Gasteiger partial charge in [0, 0.05) is 38.3 Å². The molecular weight excluding hydrogens is 399 g/mol. The lowest BCUT2D eigenvalue weighted by Gasteiger charge is -2.25. The molecule has 4 nitrogen and oxygen atoms in total. The second-order valence-electron chi connectivity index (χ2n) is 6.75. The molecule has 0 aromatic heterocycles. The molecule has 4 unspecified atom stereocenters. The third kappa shape index (κ3) is 4.83. The van der Waals surface area contributed by atoms with Gasteiger partial charge in [-0.25, -0.2) is 0 Å². The Labute approximate surface area is 157 Å². The zero-order valence-corrected chi connectivity index (χ0v) is 16.7. The Balaban J connectivity index is 0.00000192. The van der Waals surface area contributed by atoms with Crippen LogP contribution in [0.1, 0.15) is 38.3 Å². The van der Waals surface area contributed by atoms with Gasteiger partial charge in [0.25, 0.3) is 0 Å². The summed E-state index contributed by atoms with van der Waals surface area (Å²) in [6, 6.07) is 12.4. The van der Waals surface area contributed by atoms with Gasteiger partial charge in [0.05, 0.1) is 0 Å². The van der Waals surface area contributed by atoms with Crippen molar-refractivity contribution in [2.45, 2.75) is 44.8 Å². The first kappa shape index (κ1) is 18.5. The minimum Gasteiger partial charge on any atom is -0.353 e. The maximum atomic E-state index is 4.37. The number of hydrogen-bond donors (Lipinski definition) is 2. The van der Waals surface area contributed by atoms with E-state index in [4.69, 9.17) is 0 Å². The predicted octanol–water partition coefficient (Wildman–Crippen LogP) is 3.01. The molecule has 2 fully saturated rings. The van der Waals surface area contributed by atoms with Crippen molar-refractivity contribution < 1.29 is 0 Å². The van der Waals surface area contributed by atoms with Crippen LogP contribution in [0.2, 0.25) is 0 Å². The first-order valence-corrected chi connectivity index (χ1v) is 8.46. The Morgan fingerprint density at radius 1 is 1.26 bits per heavy atom. The van der Waals surface area contributed by atoms with Gasteiger partial charge >= 0.3 is 0 Å². The van der Waals surface area contributed by atoms with Gasteiger partial charge in [-0.15, -0.1) is 24.0 Å². The molecule has 0 bridgehead atoms. The van der Waals surface area contributed by atoms with Crippen LogP contribution in [-0.4, -0.2) is 43.1 Å². The number of hydrogen-bond acceptors (Lipinski definition) is 2. The normalized spacial score (nSPS) is 28.8. The standard InChI is InChI=1S/C18H28N4.HI/c1-13-11-17(13)21-18(19-3)20-16-9-10-22(12-16)14(2)15-7-5-4-6-8-15;/h4-8,13-14,16-17H,9-12H2,1-3H3,(H2,19,20,21);1H. The molecule has 0 amide bonds. The summed E-state index contributed by atoms with van der Waals surface area (Å²) in [7, 11) is 1.86. The SMILES string of the molecule is CN=C(NC1CCN(C(C)c2ccccc2)C1)NC1CC1C.I. The highest BCUT2D eigenvalue weighted by molar-refractivity contribution is 14.0. The average molecular weight is 428 g/mol. The predicted molar refractivity (Wildman–Crippen MR) is 107 cm³/mol. The third-order valence-electron chi connectivity index (χ3n) is 5.05. The minimum absolute atomic E-state index is 0. The fraction of sp³-hybridized carbons (Fsp3) is 0.611. The quantitative estimate of drug-likeness (QED) is 0.440. The van der Waals surface area contributed by atoms with Gasteiger partial charge in [0.2, 0.25) is 0 Å². The van der Waals surface area contributed by atoms with Crippen molar-refractivity contribution in [3.05, 3.63) is 35.9 Å². The van der Waals surface area contributed by atoms with E-state index in [0.717, 1.165) is 25.0 Å². The molecule has 1 aromatic carbocycles. The number of rotatable bonds is 4. The van der Waals surface area contributed by atoms with Crippen LogP contribution in [0.25, 0.3) is 0 Å². The highest BCUT2D eigenvalue weighted by Gasteiger charge is 2.34. The van der Waals surface area contributed by atoms with Crippen LogP contribution in [-0.2, 0) is 0 Å². The van der Waals surface area contributed by atoms with Crippen LogP contribution >= 0.6 is 24.0 Å². The van der Waals surface area contributed by atoms with E-state index in [0.29, 0.717) is 18.1 Å². The second-order valence-corrected chi connectivity index (χ2v) is 6.75. The Bertz CT molecular complexity index is 519. The molecule has 1 saturated carbocycles. The Morgan fingerprint density at radius 3 is 2.57 bits per heavy atom. The number of guanidine groups is 1. The topological polar surface area (TPSA) is 39.7 Å². The maximum Gasteiger partial charge on any atom is 0.191 e. The van der Waals surface area contributed by atoms with Gasteiger partial charge in [0.1, 0.15) is 0 Å². The van der Waals surface area contributed by atoms with Crippen LogP contribution in [0.4, 0.5) is 0 Å². The molecule has 2 aliphatic rings. The zero-order valence-electron chi connectivity index (χ0n) is 14.3. The number of aliphatic imine (C=N–C) groups is 1. The summed E-state index contributed by atoms with van der Waals surface area (Å²) < 4.78 is 0. The zero-order chi connectivity index (χ0) is 15.5. The van der Waals surface area contributed by atoms with Gasteiger partial charge in [-0.1, -0.05) is 37.3 Å². The van der Waals surface area contributed by atoms with E-state index in [9.17, 15) is 0 Å². The number of nitrogens with zero attached hydrogens (tertiary/aromatic N) is 2. The van der Waals surface area contributed by atoms with Crippen molar-refractivity contribution in [3.8, 4) is 0 Å². The van der Waals surface area contributed by atoms with E-state index in [-0.39, 0.29) is 24.0 Å². The molecule has 1 aliphatic carbocycles. The molecule has 1 saturated heterocycles. The summed E-state index contributed by atoms with van der Waals surface area (Å²) in [5, 5.41) is 7.10. The molecule has 5 heteroatoms. The minimum atomic E-state index is 0. The highest BCUT2D eigenvalue weighted by Crippen LogP contribution is 2.29. The first-order chi connectivity index (χ1) is 10.7. The Kier molecular flexibility index (Phi) is 6.71. The fourth-order valence-corrected chi connectivity index (χ4v) is 3.26. The molecule has 1 aromatic rings. The van der Waals surface area contributed by atoms with E-state index in [1.165, 1.54) is 18.4 Å². The van der Waals surface area contributed by atoms with Gasteiger partial charge in [-0.2, -0.15) is 0 Å². The largest absolute Gasteiger partial charge is 0.353 e. The van der Waals surface area contributed by atoms with Gasteiger partial charge in [0.15, 0.2) is 5.96 Å². The molecule has 0 radical (unpaired) electrons. The monoisotopic (exact) mass is 428 g/mol. The summed E-state index contributed by atoms with van der Waals surface area (Å²) in [6.45, 7) is 6.81.